The Labute approximate surface area is 188 Å². The lowest BCUT2D eigenvalue weighted by atomic mass is 9.90. The van der Waals surface area contributed by atoms with Gasteiger partial charge in [-0.05, 0) is 56.4 Å². The van der Waals surface area contributed by atoms with E-state index in [4.69, 9.17) is 4.98 Å². The highest BCUT2D eigenvalue weighted by atomic mass is 32.1. The molecular weight excluding hydrogens is 408 g/mol. The molecule has 1 aliphatic heterocycles. The molecule has 0 spiro atoms. The summed E-state index contributed by atoms with van der Waals surface area (Å²) in [7, 11) is 0. The monoisotopic (exact) mass is 440 g/mol. The number of nitrogens with zero attached hydrogens (tertiary/aromatic N) is 3. The zero-order chi connectivity index (χ0) is 22.1. The second-order valence-electron chi connectivity index (χ2n) is 9.06. The summed E-state index contributed by atoms with van der Waals surface area (Å²) in [6.07, 6.45) is 2.45. The van der Waals surface area contributed by atoms with Gasteiger partial charge in [-0.3, -0.25) is 9.59 Å². The highest BCUT2D eigenvalue weighted by molar-refractivity contribution is 7.15. The van der Waals surface area contributed by atoms with Gasteiger partial charge in [-0.2, -0.15) is 0 Å². The number of carbonyl (C=O) groups is 2. The average molecular weight is 441 g/mol. The number of benzene rings is 1. The van der Waals surface area contributed by atoms with Crippen LogP contribution in [0.15, 0.2) is 18.2 Å². The topological polar surface area (TPSA) is 65.5 Å². The van der Waals surface area contributed by atoms with Gasteiger partial charge in [0, 0.05) is 48.6 Å². The van der Waals surface area contributed by atoms with Gasteiger partial charge < -0.3 is 15.1 Å². The summed E-state index contributed by atoms with van der Waals surface area (Å²) in [5.41, 5.74) is 4.44. The smallest absolute Gasteiger partial charge is 0.227 e. The second-order valence-corrected chi connectivity index (χ2v) is 10.1. The van der Waals surface area contributed by atoms with E-state index < -0.39 is 0 Å². The summed E-state index contributed by atoms with van der Waals surface area (Å²) in [5.74, 6) is 0.369. The van der Waals surface area contributed by atoms with Crippen LogP contribution in [0.2, 0.25) is 0 Å². The predicted octanol–water partition coefficient (Wildman–Crippen LogP) is 3.81. The van der Waals surface area contributed by atoms with E-state index in [1.807, 2.05) is 36.9 Å². The van der Waals surface area contributed by atoms with E-state index in [-0.39, 0.29) is 23.7 Å². The molecule has 1 aromatic heterocycles. The van der Waals surface area contributed by atoms with Gasteiger partial charge in [-0.25, -0.2) is 4.98 Å². The Morgan fingerprint density at radius 2 is 1.87 bits per heavy atom. The van der Waals surface area contributed by atoms with Gasteiger partial charge in [0.25, 0.3) is 0 Å². The molecule has 2 aliphatic rings. The summed E-state index contributed by atoms with van der Waals surface area (Å²) in [6, 6.07) is 6.06. The normalized spacial score (nSPS) is 18.8. The molecule has 0 radical (unpaired) electrons. The Hall–Kier alpha value is -2.41. The molecule has 7 heteroatoms. The third-order valence-corrected chi connectivity index (χ3v) is 7.61. The zero-order valence-corrected chi connectivity index (χ0v) is 19.7. The van der Waals surface area contributed by atoms with Crippen molar-refractivity contribution in [1.29, 1.82) is 0 Å². The van der Waals surface area contributed by atoms with E-state index in [0.717, 1.165) is 62.0 Å². The minimum Gasteiger partial charge on any atom is -0.345 e. The van der Waals surface area contributed by atoms with Gasteiger partial charge in [0.05, 0.1) is 5.69 Å². The van der Waals surface area contributed by atoms with Crippen molar-refractivity contribution >= 4 is 34.0 Å². The van der Waals surface area contributed by atoms with Crippen LogP contribution in [0.1, 0.15) is 42.0 Å². The van der Waals surface area contributed by atoms with Gasteiger partial charge in [-0.15, -0.1) is 11.3 Å². The van der Waals surface area contributed by atoms with Crippen LogP contribution in [-0.2, 0) is 22.4 Å². The van der Waals surface area contributed by atoms with Crippen molar-refractivity contribution < 1.29 is 9.59 Å². The van der Waals surface area contributed by atoms with Crippen LogP contribution >= 0.6 is 11.3 Å². The quantitative estimate of drug-likeness (QED) is 0.785. The molecule has 4 rings (SSSR count). The van der Waals surface area contributed by atoms with E-state index in [1.165, 1.54) is 16.0 Å². The van der Waals surface area contributed by atoms with Crippen molar-refractivity contribution in [3.05, 3.63) is 39.9 Å². The minimum absolute atomic E-state index is 0.0112. The molecule has 31 heavy (non-hydrogen) atoms. The molecule has 1 fully saturated rings. The van der Waals surface area contributed by atoms with Crippen molar-refractivity contribution in [2.24, 2.45) is 11.8 Å². The van der Waals surface area contributed by atoms with Crippen molar-refractivity contribution in [1.82, 2.24) is 9.88 Å². The minimum atomic E-state index is -0.0112. The fourth-order valence-corrected chi connectivity index (χ4v) is 5.51. The lowest BCUT2D eigenvalue weighted by molar-refractivity contribution is -0.134. The van der Waals surface area contributed by atoms with Crippen LogP contribution in [0.5, 0.6) is 0 Å². The molecule has 6 nitrogen and oxygen atoms in total. The highest BCUT2D eigenvalue weighted by Gasteiger charge is 2.30. The van der Waals surface area contributed by atoms with Crippen molar-refractivity contribution in [2.75, 3.05) is 36.4 Å². The maximum absolute atomic E-state index is 12.9. The largest absolute Gasteiger partial charge is 0.345 e. The predicted molar refractivity (Wildman–Crippen MR) is 126 cm³/mol. The van der Waals surface area contributed by atoms with Gasteiger partial charge in [0.15, 0.2) is 5.13 Å². The van der Waals surface area contributed by atoms with Crippen LogP contribution in [0.25, 0.3) is 0 Å². The van der Waals surface area contributed by atoms with Crippen LogP contribution < -0.4 is 10.2 Å². The molecule has 1 unspecified atom stereocenters. The third-order valence-electron chi connectivity index (χ3n) is 6.43. The van der Waals surface area contributed by atoms with Crippen molar-refractivity contribution in [2.45, 2.75) is 47.0 Å². The number of fused-ring (bicyclic) bond motifs is 1. The molecule has 1 aliphatic carbocycles. The number of aryl methyl sites for hydroxylation is 3. The number of carbonyl (C=O) groups excluding carboxylic acids is 2. The maximum Gasteiger partial charge on any atom is 0.227 e. The Balaban J connectivity index is 1.37. The molecule has 166 valence electrons. The van der Waals surface area contributed by atoms with Crippen LogP contribution in [0.3, 0.4) is 0 Å². The number of hydrogen-bond donors (Lipinski definition) is 1. The molecule has 2 amide bonds. The Kier molecular flexibility index (Phi) is 6.32. The molecule has 1 saturated heterocycles. The Morgan fingerprint density at radius 1 is 1.13 bits per heavy atom. The number of rotatable bonds is 4. The van der Waals surface area contributed by atoms with Crippen molar-refractivity contribution in [3.63, 3.8) is 0 Å². The summed E-state index contributed by atoms with van der Waals surface area (Å²) in [5, 5.41) is 4.14. The molecule has 1 N–H and O–H groups in total. The number of nitrogens with one attached hydrogen (secondary N) is 1. The molecule has 0 saturated carbocycles. The summed E-state index contributed by atoms with van der Waals surface area (Å²) in [4.78, 5) is 35.5. The van der Waals surface area contributed by atoms with Gasteiger partial charge in [-0.1, -0.05) is 19.9 Å². The third kappa shape index (κ3) is 4.76. The van der Waals surface area contributed by atoms with E-state index >= 15 is 0 Å². The molecule has 2 aromatic rings. The fraction of sp³-hybridized carbons (Fsp3) is 0.542. The summed E-state index contributed by atoms with van der Waals surface area (Å²) >= 11 is 1.72. The van der Waals surface area contributed by atoms with Crippen molar-refractivity contribution in [3.8, 4) is 0 Å². The molecule has 1 atom stereocenters. The maximum atomic E-state index is 12.9. The number of amides is 2. The second kappa shape index (κ2) is 8.99. The Morgan fingerprint density at radius 3 is 2.55 bits per heavy atom. The SMILES string of the molecule is Cc1ccc(NC(=O)C2CCc3nc(N4CCN(C(=O)C(C)C)CC4)sc3C2)cc1C. The molecule has 2 heterocycles. The van der Waals surface area contributed by atoms with Gasteiger partial charge in [0.1, 0.15) is 0 Å². The fourth-order valence-electron chi connectivity index (χ4n) is 4.27. The van der Waals surface area contributed by atoms with Crippen LogP contribution in [0, 0.1) is 25.7 Å². The van der Waals surface area contributed by atoms with E-state index in [9.17, 15) is 9.59 Å². The number of thiazole rings is 1. The Bertz CT molecular complexity index is 976. The van der Waals surface area contributed by atoms with Gasteiger partial charge >= 0.3 is 0 Å². The van der Waals surface area contributed by atoms with E-state index in [1.54, 1.807) is 11.3 Å². The molecular formula is C24H32N4O2S. The summed E-state index contributed by atoms with van der Waals surface area (Å²) < 4.78 is 0. The zero-order valence-electron chi connectivity index (χ0n) is 18.9. The summed E-state index contributed by atoms with van der Waals surface area (Å²) in [6.45, 7) is 11.2. The number of anilines is 2. The van der Waals surface area contributed by atoms with Gasteiger partial charge in [0.2, 0.25) is 11.8 Å². The average Bonchev–Trinajstić information content (AvgIpc) is 3.19. The van der Waals surface area contributed by atoms with E-state index in [0.29, 0.717) is 0 Å². The number of hydrogen-bond acceptors (Lipinski definition) is 5. The number of piperazine rings is 1. The van der Waals surface area contributed by atoms with Crippen LogP contribution in [-0.4, -0.2) is 47.9 Å². The lowest BCUT2D eigenvalue weighted by Crippen LogP contribution is -2.49. The number of aromatic nitrogens is 1. The molecule has 0 bridgehead atoms. The van der Waals surface area contributed by atoms with Crippen LogP contribution in [0.4, 0.5) is 10.8 Å². The first-order valence-corrected chi connectivity index (χ1v) is 12.0. The first-order chi connectivity index (χ1) is 14.8. The lowest BCUT2D eigenvalue weighted by Gasteiger charge is -2.35. The van der Waals surface area contributed by atoms with E-state index in [2.05, 4.69) is 24.1 Å². The first-order valence-electron chi connectivity index (χ1n) is 11.2. The first kappa shape index (κ1) is 21.8. The molecule has 1 aromatic carbocycles. The standard InChI is InChI=1S/C24H32N4O2S/c1-15(2)23(30)27-9-11-28(12-10-27)24-26-20-8-6-18(14-21(20)31-24)22(29)25-19-7-5-16(3)17(4)13-19/h5,7,13,15,18H,6,8-12,14H2,1-4H3,(H,25,29). The highest BCUT2D eigenvalue weighted by Crippen LogP contribution is 2.35.